The van der Waals surface area contributed by atoms with Crippen molar-refractivity contribution in [1.82, 2.24) is 4.98 Å². The summed E-state index contributed by atoms with van der Waals surface area (Å²) in [7, 11) is 0. The Morgan fingerprint density at radius 2 is 1.90 bits per heavy atom. The molecule has 110 valence electrons. The molecule has 0 spiro atoms. The van der Waals surface area contributed by atoms with E-state index >= 15 is 0 Å². The lowest BCUT2D eigenvalue weighted by molar-refractivity contribution is -0.384. The van der Waals surface area contributed by atoms with Gasteiger partial charge in [-0.25, -0.2) is 4.98 Å². The second kappa shape index (κ2) is 5.78. The third kappa shape index (κ3) is 3.68. The molecule has 0 aliphatic heterocycles. The molecule has 0 atom stereocenters. The maximum atomic E-state index is 12.5. The third-order valence-corrected chi connectivity index (χ3v) is 2.69. The van der Waals surface area contributed by atoms with Crippen LogP contribution in [-0.4, -0.2) is 9.91 Å². The Morgan fingerprint density at radius 1 is 1.24 bits per heavy atom. The summed E-state index contributed by atoms with van der Waals surface area (Å²) in [5.74, 6) is -0.197. The smallest absolute Gasteiger partial charge is 0.360 e. The summed E-state index contributed by atoms with van der Waals surface area (Å²) >= 11 is 0. The molecule has 21 heavy (non-hydrogen) atoms. The van der Waals surface area contributed by atoms with E-state index in [1.807, 2.05) is 6.07 Å². The van der Waals surface area contributed by atoms with Crippen molar-refractivity contribution in [3.63, 3.8) is 0 Å². The highest BCUT2D eigenvalue weighted by Gasteiger charge is 2.33. The van der Waals surface area contributed by atoms with E-state index in [9.17, 15) is 23.3 Å². The lowest BCUT2D eigenvalue weighted by Crippen LogP contribution is -2.10. The predicted octanol–water partition coefficient (Wildman–Crippen LogP) is 3.62. The standard InChI is InChI=1S/C13H10F3N3O2/c14-13(15,16)10-6-11(19(20)21)12(18-8-10)17-7-9-4-2-1-3-5-9/h1-6,8H,7H2,(H,17,18). The number of pyridine rings is 1. The van der Waals surface area contributed by atoms with Crippen molar-refractivity contribution < 1.29 is 18.1 Å². The van der Waals surface area contributed by atoms with Crippen molar-refractivity contribution in [2.24, 2.45) is 0 Å². The van der Waals surface area contributed by atoms with Gasteiger partial charge in [-0.1, -0.05) is 30.3 Å². The van der Waals surface area contributed by atoms with Crippen LogP contribution in [0.2, 0.25) is 0 Å². The highest BCUT2D eigenvalue weighted by molar-refractivity contribution is 5.57. The Kier molecular flexibility index (Phi) is 4.06. The summed E-state index contributed by atoms with van der Waals surface area (Å²) in [6.45, 7) is 0.222. The Balaban J connectivity index is 2.25. The molecule has 0 unspecified atom stereocenters. The van der Waals surface area contributed by atoms with Gasteiger partial charge in [0, 0.05) is 18.8 Å². The summed E-state index contributed by atoms with van der Waals surface area (Å²) in [4.78, 5) is 13.5. The van der Waals surface area contributed by atoms with Gasteiger partial charge in [0.05, 0.1) is 10.5 Å². The van der Waals surface area contributed by atoms with Crippen LogP contribution in [0.3, 0.4) is 0 Å². The lowest BCUT2D eigenvalue weighted by Gasteiger charge is -2.09. The van der Waals surface area contributed by atoms with Crippen LogP contribution >= 0.6 is 0 Å². The van der Waals surface area contributed by atoms with E-state index in [-0.39, 0.29) is 12.4 Å². The quantitative estimate of drug-likeness (QED) is 0.691. The maximum Gasteiger partial charge on any atom is 0.418 e. The minimum absolute atomic E-state index is 0.197. The SMILES string of the molecule is O=[N+]([O-])c1cc(C(F)(F)F)cnc1NCc1ccccc1. The molecule has 0 amide bonds. The summed E-state index contributed by atoms with van der Waals surface area (Å²) in [6.07, 6.45) is -4.10. The monoisotopic (exact) mass is 297 g/mol. The largest absolute Gasteiger partial charge is 0.418 e. The number of aromatic nitrogens is 1. The van der Waals surface area contributed by atoms with Crippen molar-refractivity contribution in [2.75, 3.05) is 5.32 Å². The molecule has 2 aromatic rings. The summed E-state index contributed by atoms with van der Waals surface area (Å²) in [6, 6.07) is 9.41. The van der Waals surface area contributed by atoms with Crippen LogP contribution in [0.25, 0.3) is 0 Å². The summed E-state index contributed by atoms with van der Waals surface area (Å²) in [5, 5.41) is 13.5. The predicted molar refractivity (Wildman–Crippen MR) is 69.7 cm³/mol. The van der Waals surface area contributed by atoms with Crippen molar-refractivity contribution >= 4 is 11.5 Å². The molecule has 2 rings (SSSR count). The number of nitro groups is 1. The molecule has 5 nitrogen and oxygen atoms in total. The van der Waals surface area contributed by atoms with Gasteiger partial charge in [-0.3, -0.25) is 10.1 Å². The molecule has 1 aromatic carbocycles. The van der Waals surface area contributed by atoms with E-state index < -0.39 is 22.4 Å². The molecule has 1 heterocycles. The average molecular weight is 297 g/mol. The van der Waals surface area contributed by atoms with Crippen LogP contribution in [-0.2, 0) is 12.7 Å². The first kappa shape index (κ1) is 14.8. The number of hydrogen-bond acceptors (Lipinski definition) is 4. The zero-order chi connectivity index (χ0) is 15.5. The number of anilines is 1. The molecule has 0 saturated carbocycles. The molecule has 0 radical (unpaired) electrons. The van der Waals surface area contributed by atoms with E-state index in [0.717, 1.165) is 5.56 Å². The Hall–Kier alpha value is -2.64. The van der Waals surface area contributed by atoms with Crippen LogP contribution in [0.1, 0.15) is 11.1 Å². The minimum atomic E-state index is -4.67. The zero-order valence-electron chi connectivity index (χ0n) is 10.6. The molecule has 0 fully saturated rings. The minimum Gasteiger partial charge on any atom is -0.360 e. The number of hydrogen-bond donors (Lipinski definition) is 1. The topological polar surface area (TPSA) is 68.1 Å². The normalized spacial score (nSPS) is 11.2. The number of benzene rings is 1. The van der Waals surface area contributed by atoms with Crippen LogP contribution in [0.4, 0.5) is 24.7 Å². The molecule has 0 aliphatic carbocycles. The van der Waals surface area contributed by atoms with Gasteiger partial charge < -0.3 is 5.32 Å². The van der Waals surface area contributed by atoms with Crippen molar-refractivity contribution in [3.8, 4) is 0 Å². The van der Waals surface area contributed by atoms with Gasteiger partial charge in [0.25, 0.3) is 0 Å². The lowest BCUT2D eigenvalue weighted by atomic mass is 10.2. The fourth-order valence-corrected chi connectivity index (χ4v) is 1.67. The van der Waals surface area contributed by atoms with E-state index in [2.05, 4.69) is 10.3 Å². The van der Waals surface area contributed by atoms with Crippen LogP contribution in [0, 0.1) is 10.1 Å². The summed E-state index contributed by atoms with van der Waals surface area (Å²) < 4.78 is 37.6. The molecule has 1 N–H and O–H groups in total. The highest BCUT2D eigenvalue weighted by Crippen LogP contribution is 2.33. The molecule has 0 aliphatic rings. The Morgan fingerprint density at radius 3 is 2.48 bits per heavy atom. The van der Waals surface area contributed by atoms with Gasteiger partial charge in [-0.15, -0.1) is 0 Å². The number of halogens is 3. The van der Waals surface area contributed by atoms with Gasteiger partial charge in [0.15, 0.2) is 0 Å². The number of nitrogens with zero attached hydrogens (tertiary/aromatic N) is 2. The molecule has 8 heteroatoms. The molecular weight excluding hydrogens is 287 g/mol. The fraction of sp³-hybridized carbons (Fsp3) is 0.154. The summed E-state index contributed by atoms with van der Waals surface area (Å²) in [5.41, 5.74) is -1.03. The fourth-order valence-electron chi connectivity index (χ4n) is 1.67. The molecule has 0 bridgehead atoms. The average Bonchev–Trinajstić information content (AvgIpc) is 2.45. The van der Waals surface area contributed by atoms with Gasteiger partial charge in [0.1, 0.15) is 0 Å². The maximum absolute atomic E-state index is 12.5. The highest BCUT2D eigenvalue weighted by atomic mass is 19.4. The van der Waals surface area contributed by atoms with Crippen LogP contribution < -0.4 is 5.32 Å². The molecule has 1 aromatic heterocycles. The van der Waals surface area contributed by atoms with Crippen molar-refractivity contribution in [2.45, 2.75) is 12.7 Å². The Bertz CT molecular complexity index is 645. The van der Waals surface area contributed by atoms with E-state index in [4.69, 9.17) is 0 Å². The zero-order valence-corrected chi connectivity index (χ0v) is 10.6. The number of alkyl halides is 3. The van der Waals surface area contributed by atoms with Crippen molar-refractivity contribution in [1.29, 1.82) is 0 Å². The van der Waals surface area contributed by atoms with Crippen LogP contribution in [0.15, 0.2) is 42.6 Å². The molecule has 0 saturated heterocycles. The van der Waals surface area contributed by atoms with E-state index in [0.29, 0.717) is 12.3 Å². The van der Waals surface area contributed by atoms with Gasteiger partial charge >= 0.3 is 11.9 Å². The Labute approximate surface area is 117 Å². The number of rotatable bonds is 4. The first-order valence-electron chi connectivity index (χ1n) is 5.87. The van der Waals surface area contributed by atoms with E-state index in [1.165, 1.54) is 0 Å². The van der Waals surface area contributed by atoms with Crippen molar-refractivity contribution in [3.05, 3.63) is 63.8 Å². The first-order valence-corrected chi connectivity index (χ1v) is 5.87. The van der Waals surface area contributed by atoms with E-state index in [1.54, 1.807) is 24.3 Å². The first-order chi connectivity index (χ1) is 9.88. The van der Waals surface area contributed by atoms with Gasteiger partial charge in [-0.05, 0) is 5.56 Å². The van der Waals surface area contributed by atoms with Gasteiger partial charge in [-0.2, -0.15) is 13.2 Å². The number of nitrogens with one attached hydrogen (secondary N) is 1. The second-order valence-electron chi connectivity index (χ2n) is 4.19. The van der Waals surface area contributed by atoms with Gasteiger partial charge in [0.2, 0.25) is 5.82 Å². The second-order valence-corrected chi connectivity index (χ2v) is 4.19. The molecular formula is C13H10F3N3O2. The third-order valence-electron chi connectivity index (χ3n) is 2.69. The van der Waals surface area contributed by atoms with Crippen LogP contribution in [0.5, 0.6) is 0 Å².